The number of rotatable bonds is 10. The van der Waals surface area contributed by atoms with E-state index in [0.29, 0.717) is 36.6 Å². The molecule has 1 amide bonds. The fraction of sp³-hybridized carbons (Fsp3) is 0.406. The van der Waals surface area contributed by atoms with Crippen LogP contribution in [0.4, 0.5) is 5.69 Å². The van der Waals surface area contributed by atoms with Crippen LogP contribution in [0.5, 0.6) is 0 Å². The molecule has 0 unspecified atom stereocenters. The molecule has 4 heterocycles. The quantitative estimate of drug-likeness (QED) is 0.271. The largest absolute Gasteiger partial charge is 0.366 e. The lowest BCUT2D eigenvalue weighted by Crippen LogP contribution is -2.38. The van der Waals surface area contributed by atoms with E-state index in [1.54, 1.807) is 47.5 Å². The zero-order valence-electron chi connectivity index (χ0n) is 25.8. The first-order valence-corrected chi connectivity index (χ1v) is 16.2. The van der Waals surface area contributed by atoms with Crippen LogP contribution >= 0.6 is 0 Å². The molecule has 0 saturated carbocycles. The van der Waals surface area contributed by atoms with Gasteiger partial charge in [-0.3, -0.25) is 19.4 Å². The summed E-state index contributed by atoms with van der Waals surface area (Å²) in [7, 11) is -3.77. The fourth-order valence-electron chi connectivity index (χ4n) is 5.45. The van der Waals surface area contributed by atoms with Gasteiger partial charge < -0.3 is 10.1 Å². The van der Waals surface area contributed by atoms with Gasteiger partial charge in [-0.25, -0.2) is 8.42 Å². The first kappa shape index (κ1) is 31.4. The Balaban J connectivity index is 1.48. The monoisotopic (exact) mass is 617 g/mol. The van der Waals surface area contributed by atoms with Crippen LogP contribution < -0.4 is 5.32 Å². The number of hydrogen-bond acceptors (Lipinski definition) is 8. The van der Waals surface area contributed by atoms with Crippen molar-refractivity contribution < 1.29 is 17.9 Å². The maximum atomic E-state index is 13.8. The van der Waals surface area contributed by atoms with Gasteiger partial charge in [0.05, 0.1) is 41.9 Å². The van der Waals surface area contributed by atoms with Crippen LogP contribution in [0.1, 0.15) is 61.9 Å². The maximum Gasteiger partial charge on any atom is 0.245 e. The maximum absolute atomic E-state index is 13.8. The minimum atomic E-state index is -3.77. The average molecular weight is 618 g/mol. The van der Waals surface area contributed by atoms with Gasteiger partial charge in [0, 0.05) is 32.0 Å². The molecule has 1 N–H and O–H groups in total. The topological polar surface area (TPSA) is 132 Å². The molecule has 4 aromatic rings. The molecule has 1 aromatic carbocycles. The number of pyridine rings is 2. The van der Waals surface area contributed by atoms with Crippen molar-refractivity contribution in [2.75, 3.05) is 11.9 Å². The number of aromatic nitrogens is 5. The van der Waals surface area contributed by atoms with E-state index in [4.69, 9.17) is 4.74 Å². The summed E-state index contributed by atoms with van der Waals surface area (Å²) in [5.41, 5.74) is 3.30. The molecule has 12 heteroatoms. The van der Waals surface area contributed by atoms with E-state index in [-0.39, 0.29) is 29.9 Å². The second-order valence-corrected chi connectivity index (χ2v) is 13.8. The van der Waals surface area contributed by atoms with Gasteiger partial charge in [0.25, 0.3) is 0 Å². The normalized spacial score (nSPS) is 17.4. The summed E-state index contributed by atoms with van der Waals surface area (Å²) in [6, 6.07) is 12.7. The summed E-state index contributed by atoms with van der Waals surface area (Å²) in [4.78, 5) is 22.4. The smallest absolute Gasteiger partial charge is 0.245 e. The van der Waals surface area contributed by atoms with Crippen molar-refractivity contribution in [3.05, 3.63) is 95.3 Å². The molecular weight excluding hydrogens is 578 g/mol. The van der Waals surface area contributed by atoms with E-state index in [1.807, 2.05) is 59.0 Å². The number of sulfonamides is 1. The van der Waals surface area contributed by atoms with Crippen molar-refractivity contribution in [1.29, 1.82) is 0 Å². The van der Waals surface area contributed by atoms with Gasteiger partial charge in [0.15, 0.2) is 0 Å². The summed E-state index contributed by atoms with van der Waals surface area (Å²) in [5, 5.41) is 11.3. The molecule has 1 aliphatic heterocycles. The third kappa shape index (κ3) is 6.72. The highest BCUT2D eigenvalue weighted by atomic mass is 32.2. The molecule has 3 aromatic heterocycles. The minimum absolute atomic E-state index is 0.0899. The molecule has 0 spiro atoms. The summed E-state index contributed by atoms with van der Waals surface area (Å²) < 4.78 is 37.3. The number of anilines is 1. The van der Waals surface area contributed by atoms with Crippen molar-refractivity contribution in [3.63, 3.8) is 0 Å². The van der Waals surface area contributed by atoms with Gasteiger partial charge in [-0.15, -0.1) is 5.10 Å². The van der Waals surface area contributed by atoms with Crippen molar-refractivity contribution in [2.45, 2.75) is 71.7 Å². The third-order valence-electron chi connectivity index (χ3n) is 8.01. The second-order valence-electron chi connectivity index (χ2n) is 11.9. The van der Waals surface area contributed by atoms with Gasteiger partial charge in [-0.1, -0.05) is 30.3 Å². The van der Waals surface area contributed by atoms with Gasteiger partial charge in [-0.2, -0.15) is 4.31 Å². The predicted octanol–water partition coefficient (Wildman–Crippen LogP) is 4.70. The summed E-state index contributed by atoms with van der Waals surface area (Å²) in [5.74, 6) is -0.157. The molecule has 5 rings (SSSR count). The Labute approximate surface area is 258 Å². The average Bonchev–Trinajstić information content (AvgIpc) is 3.43. The van der Waals surface area contributed by atoms with Gasteiger partial charge >= 0.3 is 0 Å². The van der Waals surface area contributed by atoms with Gasteiger partial charge in [0.2, 0.25) is 15.9 Å². The van der Waals surface area contributed by atoms with Crippen molar-refractivity contribution in [1.82, 2.24) is 29.3 Å². The second kappa shape index (κ2) is 12.9. The standard InChI is InChI=1S/C32H39N7O4S/c1-6-38-20-27(36-37-38)21-43-30(32(4,5)31(40)35-26-9-7-13-33-17-26)24-12-11-23(3)25(16-24)19-39-18-22(2)15-28-29(44(39,41)42)10-8-14-34-28/h7-14,16-17,20,22,30H,6,15,18-19,21H2,1-5H3,(H,35,40)/t22-,30-/m0/s1. The Kier molecular flexibility index (Phi) is 9.23. The summed E-state index contributed by atoms with van der Waals surface area (Å²) in [6.07, 6.45) is 6.58. The molecule has 0 saturated heterocycles. The molecule has 0 radical (unpaired) electrons. The number of nitrogens with zero attached hydrogens (tertiary/aromatic N) is 6. The highest BCUT2D eigenvalue weighted by molar-refractivity contribution is 7.89. The number of carbonyl (C=O) groups is 1. The van der Waals surface area contributed by atoms with Crippen LogP contribution in [0, 0.1) is 18.3 Å². The molecule has 1 aliphatic rings. The van der Waals surface area contributed by atoms with Crippen LogP contribution in [-0.2, 0) is 45.7 Å². The Bertz CT molecular complexity index is 1720. The van der Waals surface area contributed by atoms with Gasteiger partial charge in [-0.05, 0) is 81.0 Å². The number of fused-ring (bicyclic) bond motifs is 1. The lowest BCUT2D eigenvalue weighted by Gasteiger charge is -2.34. The Morgan fingerprint density at radius 3 is 2.70 bits per heavy atom. The number of aryl methyl sites for hydroxylation is 2. The fourth-order valence-corrected chi connectivity index (χ4v) is 7.17. The lowest BCUT2D eigenvalue weighted by molar-refractivity contribution is -0.134. The van der Waals surface area contributed by atoms with Crippen molar-refractivity contribution >= 4 is 21.6 Å². The van der Waals surface area contributed by atoms with E-state index in [0.717, 1.165) is 16.7 Å². The number of carbonyl (C=O) groups excluding carboxylic acids is 1. The van der Waals surface area contributed by atoms with Crippen LogP contribution in [0.25, 0.3) is 0 Å². The third-order valence-corrected chi connectivity index (χ3v) is 9.90. The molecule has 44 heavy (non-hydrogen) atoms. The highest BCUT2D eigenvalue weighted by Crippen LogP contribution is 2.39. The van der Waals surface area contributed by atoms with E-state index in [9.17, 15) is 13.2 Å². The molecule has 0 aliphatic carbocycles. The molecule has 0 fully saturated rings. The SMILES string of the molecule is CCn1cc(CO[C@@H](c2ccc(C)c(CN3C[C@@H](C)Cc4ncccc4S3(=O)=O)c2)C(C)(C)C(=O)Nc2cccnc2)nn1. The Hall–Kier alpha value is -4.00. The number of amides is 1. The van der Waals surface area contributed by atoms with Crippen LogP contribution in [0.2, 0.25) is 0 Å². The van der Waals surface area contributed by atoms with Crippen molar-refractivity contribution in [2.24, 2.45) is 11.3 Å². The van der Waals surface area contributed by atoms with E-state index in [1.165, 1.54) is 4.31 Å². The summed E-state index contributed by atoms with van der Waals surface area (Å²) in [6.45, 7) is 11.0. The first-order valence-electron chi connectivity index (χ1n) is 14.7. The van der Waals surface area contributed by atoms with E-state index < -0.39 is 21.5 Å². The number of hydrogen-bond donors (Lipinski definition) is 1. The first-order chi connectivity index (χ1) is 21.0. The number of nitrogens with one attached hydrogen (secondary N) is 1. The van der Waals surface area contributed by atoms with E-state index >= 15 is 0 Å². The van der Waals surface area contributed by atoms with E-state index in [2.05, 4.69) is 25.6 Å². The Morgan fingerprint density at radius 1 is 1.18 bits per heavy atom. The molecule has 232 valence electrons. The highest BCUT2D eigenvalue weighted by Gasteiger charge is 2.40. The Morgan fingerprint density at radius 2 is 1.98 bits per heavy atom. The van der Waals surface area contributed by atoms with Crippen LogP contribution in [-0.4, -0.2) is 50.1 Å². The molecule has 2 atom stereocenters. The zero-order chi connectivity index (χ0) is 31.5. The predicted molar refractivity (Wildman–Crippen MR) is 166 cm³/mol. The molecule has 11 nitrogen and oxygen atoms in total. The number of benzene rings is 1. The minimum Gasteiger partial charge on any atom is -0.366 e. The summed E-state index contributed by atoms with van der Waals surface area (Å²) >= 11 is 0. The van der Waals surface area contributed by atoms with Crippen LogP contribution in [0.15, 0.2) is 72.1 Å². The van der Waals surface area contributed by atoms with Gasteiger partial charge in [0.1, 0.15) is 10.6 Å². The zero-order valence-corrected chi connectivity index (χ0v) is 26.6. The molecule has 0 bridgehead atoms. The van der Waals surface area contributed by atoms with Crippen molar-refractivity contribution in [3.8, 4) is 0 Å². The van der Waals surface area contributed by atoms with Crippen LogP contribution in [0.3, 0.4) is 0 Å². The molecular formula is C32H39N7O4S. The lowest BCUT2D eigenvalue weighted by atomic mass is 9.80. The number of ether oxygens (including phenoxy) is 1.